The van der Waals surface area contributed by atoms with Crippen LogP contribution in [-0.4, -0.2) is 5.91 Å². The lowest BCUT2D eigenvalue weighted by molar-refractivity contribution is -0.114. The summed E-state index contributed by atoms with van der Waals surface area (Å²) in [5.74, 6) is -0.963. The van der Waals surface area contributed by atoms with Crippen molar-refractivity contribution in [2.75, 3.05) is 10.2 Å². The highest BCUT2D eigenvalue weighted by atomic mass is 79.9. The lowest BCUT2D eigenvalue weighted by Crippen LogP contribution is -2.30. The van der Waals surface area contributed by atoms with E-state index in [4.69, 9.17) is 0 Å². The molecule has 140 valence electrons. The van der Waals surface area contributed by atoms with Crippen LogP contribution in [0.15, 0.2) is 89.0 Å². The van der Waals surface area contributed by atoms with Crippen molar-refractivity contribution in [1.29, 1.82) is 0 Å². The first-order valence-electron chi connectivity index (χ1n) is 8.60. The Labute approximate surface area is 169 Å². The summed E-state index contributed by atoms with van der Waals surface area (Å²) in [5, 5.41) is 3.06. The van der Waals surface area contributed by atoms with Crippen molar-refractivity contribution < 1.29 is 13.6 Å². The Kier molecular flexibility index (Phi) is 4.96. The Bertz CT molecular complexity index is 1030. The third-order valence-corrected chi connectivity index (χ3v) is 5.02. The van der Waals surface area contributed by atoms with E-state index in [1.165, 1.54) is 24.3 Å². The fourth-order valence-corrected chi connectivity index (χ4v) is 3.39. The van der Waals surface area contributed by atoms with Crippen LogP contribution in [0.25, 0.3) is 0 Å². The molecule has 0 aromatic heterocycles. The molecule has 28 heavy (non-hydrogen) atoms. The Morgan fingerprint density at radius 2 is 1.39 bits per heavy atom. The van der Waals surface area contributed by atoms with E-state index in [0.717, 1.165) is 10.0 Å². The van der Waals surface area contributed by atoms with Gasteiger partial charge in [-0.2, -0.15) is 0 Å². The first kappa shape index (κ1) is 18.4. The highest BCUT2D eigenvalue weighted by Gasteiger charge is 2.34. The number of benzene rings is 3. The average Bonchev–Trinajstić information content (AvgIpc) is 3.01. The fourth-order valence-electron chi connectivity index (χ4n) is 3.13. The molecule has 6 heteroatoms. The third-order valence-electron chi connectivity index (χ3n) is 4.49. The standard InChI is InChI=1S/C22H15BrF2N2O/c23-15-3-1-14(2-4-15)21-13-20(26-18-9-5-16(24)6-10-18)22(28)27(21)19-11-7-17(25)8-12-19/h1-13,21,26H/t21-/m0/s1. The second kappa shape index (κ2) is 7.56. The molecule has 3 nitrogen and oxygen atoms in total. The smallest absolute Gasteiger partial charge is 0.275 e. The van der Waals surface area contributed by atoms with Crippen molar-refractivity contribution in [3.8, 4) is 0 Å². The van der Waals surface area contributed by atoms with Crippen molar-refractivity contribution in [3.05, 3.63) is 106 Å². The molecule has 3 aromatic rings. The van der Waals surface area contributed by atoms with Crippen molar-refractivity contribution in [2.45, 2.75) is 6.04 Å². The number of hydrogen-bond acceptors (Lipinski definition) is 2. The van der Waals surface area contributed by atoms with Crippen LogP contribution in [0.3, 0.4) is 0 Å². The predicted octanol–water partition coefficient (Wildman–Crippen LogP) is 5.81. The zero-order valence-electron chi connectivity index (χ0n) is 14.6. The van der Waals surface area contributed by atoms with Gasteiger partial charge in [0.2, 0.25) is 0 Å². The minimum atomic E-state index is -0.367. The number of anilines is 2. The topological polar surface area (TPSA) is 32.3 Å². The van der Waals surface area contributed by atoms with Gasteiger partial charge < -0.3 is 5.32 Å². The molecule has 1 aliphatic heterocycles. The second-order valence-electron chi connectivity index (χ2n) is 6.36. The summed E-state index contributed by atoms with van der Waals surface area (Å²) >= 11 is 3.42. The van der Waals surface area contributed by atoms with Gasteiger partial charge in [0, 0.05) is 15.8 Å². The molecule has 1 N–H and O–H groups in total. The number of rotatable bonds is 4. The monoisotopic (exact) mass is 440 g/mol. The Morgan fingerprint density at radius 3 is 2.00 bits per heavy atom. The zero-order valence-corrected chi connectivity index (χ0v) is 16.2. The number of nitrogens with zero attached hydrogens (tertiary/aromatic N) is 1. The van der Waals surface area contributed by atoms with Gasteiger partial charge in [-0.1, -0.05) is 28.1 Å². The van der Waals surface area contributed by atoms with Crippen LogP contribution >= 0.6 is 15.9 Å². The number of amides is 1. The fraction of sp³-hybridized carbons (Fsp3) is 0.0455. The molecule has 1 aliphatic rings. The molecule has 0 radical (unpaired) electrons. The van der Waals surface area contributed by atoms with Crippen LogP contribution in [0.5, 0.6) is 0 Å². The minimum Gasteiger partial charge on any atom is -0.351 e. The van der Waals surface area contributed by atoms with Gasteiger partial charge in [-0.3, -0.25) is 9.69 Å². The molecule has 4 rings (SSSR count). The lowest BCUT2D eigenvalue weighted by atomic mass is 10.1. The minimum absolute atomic E-state index is 0.246. The molecule has 0 fully saturated rings. The number of carbonyl (C=O) groups is 1. The summed E-state index contributed by atoms with van der Waals surface area (Å²) in [6.45, 7) is 0. The summed E-state index contributed by atoms with van der Waals surface area (Å²) in [5.41, 5.74) is 2.49. The van der Waals surface area contributed by atoms with E-state index in [2.05, 4.69) is 21.2 Å². The average molecular weight is 441 g/mol. The van der Waals surface area contributed by atoms with Crippen molar-refractivity contribution >= 4 is 33.2 Å². The molecule has 0 bridgehead atoms. The molecule has 3 aromatic carbocycles. The van der Waals surface area contributed by atoms with Crippen molar-refractivity contribution in [3.63, 3.8) is 0 Å². The van der Waals surface area contributed by atoms with Gasteiger partial charge in [0.15, 0.2) is 0 Å². The highest BCUT2D eigenvalue weighted by Crippen LogP contribution is 2.36. The molecule has 1 atom stereocenters. The van der Waals surface area contributed by atoms with Gasteiger partial charge in [0.25, 0.3) is 5.91 Å². The maximum absolute atomic E-state index is 13.4. The van der Waals surface area contributed by atoms with Crippen LogP contribution in [0.1, 0.15) is 11.6 Å². The zero-order chi connectivity index (χ0) is 19.7. The van der Waals surface area contributed by atoms with Crippen LogP contribution in [-0.2, 0) is 4.79 Å². The molecule has 0 unspecified atom stereocenters. The van der Waals surface area contributed by atoms with Crippen molar-refractivity contribution in [1.82, 2.24) is 0 Å². The number of halogens is 3. The van der Waals surface area contributed by atoms with Crippen LogP contribution in [0.4, 0.5) is 20.2 Å². The van der Waals surface area contributed by atoms with Gasteiger partial charge in [-0.25, -0.2) is 8.78 Å². The molecule has 0 saturated heterocycles. The Hall–Kier alpha value is -2.99. The summed E-state index contributed by atoms with van der Waals surface area (Å²) < 4.78 is 27.5. The Morgan fingerprint density at radius 1 is 0.821 bits per heavy atom. The summed E-state index contributed by atoms with van der Waals surface area (Å²) in [6.07, 6.45) is 1.82. The van der Waals surface area contributed by atoms with E-state index in [9.17, 15) is 13.6 Å². The molecule has 1 amide bonds. The SMILES string of the molecule is O=C1C(Nc2ccc(F)cc2)=C[C@@H](c2ccc(Br)cc2)N1c1ccc(F)cc1. The molecular formula is C22H15BrF2N2O. The second-order valence-corrected chi connectivity index (χ2v) is 7.28. The first-order chi connectivity index (χ1) is 13.5. The van der Waals surface area contributed by atoms with Crippen LogP contribution in [0.2, 0.25) is 0 Å². The van der Waals surface area contributed by atoms with E-state index in [1.807, 2.05) is 30.3 Å². The maximum Gasteiger partial charge on any atom is 0.275 e. The van der Waals surface area contributed by atoms with Gasteiger partial charge in [0.05, 0.1) is 6.04 Å². The van der Waals surface area contributed by atoms with Gasteiger partial charge in [-0.05, 0) is 72.3 Å². The molecule has 0 spiro atoms. The normalized spacial score (nSPS) is 16.2. The number of carbonyl (C=O) groups excluding carboxylic acids is 1. The van der Waals surface area contributed by atoms with Gasteiger partial charge >= 0.3 is 0 Å². The van der Waals surface area contributed by atoms with Crippen LogP contribution in [0, 0.1) is 11.6 Å². The molecule has 0 saturated carbocycles. The lowest BCUT2D eigenvalue weighted by Gasteiger charge is -2.25. The first-order valence-corrected chi connectivity index (χ1v) is 9.39. The number of hydrogen-bond donors (Lipinski definition) is 1. The Balaban J connectivity index is 1.72. The predicted molar refractivity (Wildman–Crippen MR) is 109 cm³/mol. The molecule has 0 aliphatic carbocycles. The summed E-state index contributed by atoms with van der Waals surface area (Å²) in [4.78, 5) is 14.7. The van der Waals surface area contributed by atoms with E-state index >= 15 is 0 Å². The van der Waals surface area contributed by atoms with Crippen LogP contribution < -0.4 is 10.2 Å². The third kappa shape index (κ3) is 3.68. The van der Waals surface area contributed by atoms with Gasteiger partial charge in [0.1, 0.15) is 17.3 Å². The van der Waals surface area contributed by atoms with E-state index in [0.29, 0.717) is 17.1 Å². The molecule has 1 heterocycles. The van der Waals surface area contributed by atoms with Crippen molar-refractivity contribution in [2.24, 2.45) is 0 Å². The number of nitrogens with one attached hydrogen (secondary N) is 1. The van der Waals surface area contributed by atoms with E-state index < -0.39 is 0 Å². The largest absolute Gasteiger partial charge is 0.351 e. The highest BCUT2D eigenvalue weighted by molar-refractivity contribution is 9.10. The van der Waals surface area contributed by atoms with E-state index in [-0.39, 0.29) is 23.6 Å². The van der Waals surface area contributed by atoms with E-state index in [1.54, 1.807) is 29.2 Å². The van der Waals surface area contributed by atoms with Gasteiger partial charge in [-0.15, -0.1) is 0 Å². The molecular weight excluding hydrogens is 426 g/mol. The summed E-state index contributed by atoms with van der Waals surface area (Å²) in [7, 11) is 0. The maximum atomic E-state index is 13.4. The summed E-state index contributed by atoms with van der Waals surface area (Å²) in [6, 6.07) is 18.9. The quantitative estimate of drug-likeness (QED) is 0.554.